The van der Waals surface area contributed by atoms with E-state index in [1.54, 1.807) is 0 Å². The van der Waals surface area contributed by atoms with Crippen molar-refractivity contribution in [3.63, 3.8) is 0 Å². The lowest BCUT2D eigenvalue weighted by molar-refractivity contribution is 0.233. The highest BCUT2D eigenvalue weighted by molar-refractivity contribution is 9.10. The van der Waals surface area contributed by atoms with Gasteiger partial charge in [-0.25, -0.2) is 0 Å². The average Bonchev–Trinajstić information content (AvgIpc) is 2.94. The minimum Gasteiger partial charge on any atom is -0.493 e. The fourth-order valence-corrected chi connectivity index (χ4v) is 5.11. The van der Waals surface area contributed by atoms with Crippen LogP contribution in [0.4, 0.5) is 0 Å². The second kappa shape index (κ2) is 13.8. The molecule has 0 spiro atoms. The van der Waals surface area contributed by atoms with Crippen LogP contribution in [0.3, 0.4) is 0 Å². The van der Waals surface area contributed by atoms with E-state index in [1.165, 1.54) is 47.1 Å². The Hall–Kier alpha value is -2.62. The molecule has 0 bridgehead atoms. The molecule has 1 atom stereocenters. The Morgan fingerprint density at radius 3 is 1.54 bits per heavy atom. The second-order valence-electron chi connectivity index (χ2n) is 9.38. The molecule has 4 rings (SSSR count). The molecular weight excluding hydrogens is 584 g/mol. The molecule has 0 fully saturated rings. The summed E-state index contributed by atoms with van der Waals surface area (Å²) in [5.41, 5.74) is 7.09. The Bertz CT molecular complexity index is 1230. The van der Waals surface area contributed by atoms with Gasteiger partial charge in [0.15, 0.2) is 0 Å². The number of benzene rings is 4. The van der Waals surface area contributed by atoms with Gasteiger partial charge in [-0.15, -0.1) is 0 Å². The maximum Gasteiger partial charge on any atom is 0.119 e. The van der Waals surface area contributed by atoms with Crippen LogP contribution in [-0.4, -0.2) is 6.61 Å². The van der Waals surface area contributed by atoms with Crippen LogP contribution in [-0.2, 0) is 0 Å². The van der Waals surface area contributed by atoms with E-state index in [0.717, 1.165) is 33.3 Å². The maximum absolute atomic E-state index is 6.23. The molecule has 0 radical (unpaired) electrons. The highest BCUT2D eigenvalue weighted by Crippen LogP contribution is 2.38. The molecule has 0 aliphatic carbocycles. The lowest BCUT2D eigenvalue weighted by Gasteiger charge is -2.19. The third kappa shape index (κ3) is 7.46. The van der Waals surface area contributed by atoms with Crippen LogP contribution in [0.5, 0.6) is 5.75 Å². The van der Waals surface area contributed by atoms with Gasteiger partial charge in [-0.05, 0) is 82.1 Å². The first-order valence-corrected chi connectivity index (χ1v) is 14.7. The summed E-state index contributed by atoms with van der Waals surface area (Å²) in [5, 5.41) is 0. The topological polar surface area (TPSA) is 9.23 Å². The minimum atomic E-state index is 0.612. The summed E-state index contributed by atoms with van der Waals surface area (Å²) >= 11 is 7.21. The van der Waals surface area contributed by atoms with E-state index in [1.807, 2.05) is 0 Å². The van der Waals surface area contributed by atoms with Gasteiger partial charge >= 0.3 is 0 Å². The quantitative estimate of drug-likeness (QED) is 0.152. The molecule has 1 unspecified atom stereocenters. The van der Waals surface area contributed by atoms with Crippen LogP contribution in [0.25, 0.3) is 11.1 Å². The normalized spacial score (nSPS) is 11.7. The molecule has 0 saturated carbocycles. The van der Waals surface area contributed by atoms with Crippen molar-refractivity contribution in [2.75, 3.05) is 6.61 Å². The summed E-state index contributed by atoms with van der Waals surface area (Å²) in [6.07, 6.45) is 4.89. The van der Waals surface area contributed by atoms with Gasteiger partial charge in [0.1, 0.15) is 5.75 Å². The van der Waals surface area contributed by atoms with Crippen molar-refractivity contribution >= 4 is 43.0 Å². The summed E-state index contributed by atoms with van der Waals surface area (Å²) < 4.78 is 8.36. The third-order valence-electron chi connectivity index (χ3n) is 6.75. The first kappa shape index (κ1) is 27.4. The largest absolute Gasteiger partial charge is 0.493 e. The fraction of sp³-hybridized carbons (Fsp3) is 0.235. The summed E-state index contributed by atoms with van der Waals surface area (Å²) in [4.78, 5) is 0. The van der Waals surface area contributed by atoms with Crippen LogP contribution in [0.1, 0.15) is 61.8 Å². The molecule has 0 heterocycles. The molecule has 190 valence electrons. The number of rotatable bonds is 11. The molecule has 0 amide bonds. The van der Waals surface area contributed by atoms with Crippen LogP contribution in [0, 0.1) is 5.92 Å². The van der Waals surface area contributed by atoms with Gasteiger partial charge < -0.3 is 4.74 Å². The number of hydrogen-bond acceptors (Lipinski definition) is 1. The zero-order valence-corrected chi connectivity index (χ0v) is 24.8. The second-order valence-corrected chi connectivity index (χ2v) is 11.2. The van der Waals surface area contributed by atoms with Gasteiger partial charge in [0.2, 0.25) is 0 Å². The molecule has 0 aliphatic rings. The Balaban J connectivity index is 1.79. The summed E-state index contributed by atoms with van der Waals surface area (Å²) in [6.45, 7) is 5.29. The van der Waals surface area contributed by atoms with Crippen molar-refractivity contribution < 1.29 is 4.74 Å². The Kier molecular flexibility index (Phi) is 10.2. The van der Waals surface area contributed by atoms with Crippen molar-refractivity contribution in [3.05, 3.63) is 134 Å². The van der Waals surface area contributed by atoms with E-state index in [9.17, 15) is 0 Å². The molecule has 0 aromatic heterocycles. The molecule has 0 aliphatic heterocycles. The van der Waals surface area contributed by atoms with Crippen LogP contribution in [0.2, 0.25) is 0 Å². The number of halogens is 2. The Morgan fingerprint density at radius 1 is 0.622 bits per heavy atom. The van der Waals surface area contributed by atoms with Crippen LogP contribution < -0.4 is 4.74 Å². The average molecular weight is 618 g/mol. The zero-order valence-electron chi connectivity index (χ0n) is 21.6. The van der Waals surface area contributed by atoms with Crippen LogP contribution >= 0.6 is 31.9 Å². The smallest absolute Gasteiger partial charge is 0.119 e. The van der Waals surface area contributed by atoms with Crippen molar-refractivity contribution in [2.45, 2.75) is 39.5 Å². The molecule has 4 aromatic carbocycles. The van der Waals surface area contributed by atoms with Gasteiger partial charge in [-0.2, -0.15) is 0 Å². The number of ether oxygens (including phenoxy) is 1. The van der Waals surface area contributed by atoms with Crippen molar-refractivity contribution in [3.8, 4) is 5.75 Å². The minimum absolute atomic E-state index is 0.612. The fourth-order valence-electron chi connectivity index (χ4n) is 4.58. The lowest BCUT2D eigenvalue weighted by Crippen LogP contribution is -2.11. The van der Waals surface area contributed by atoms with Gasteiger partial charge in [-0.1, -0.05) is 132 Å². The first-order chi connectivity index (χ1) is 18.1. The number of hydrogen-bond donors (Lipinski definition) is 0. The summed E-state index contributed by atoms with van der Waals surface area (Å²) in [6, 6.07) is 36.5. The summed E-state index contributed by atoms with van der Waals surface area (Å²) in [7, 11) is 0. The first-order valence-electron chi connectivity index (χ1n) is 13.1. The standard InChI is InChI=1S/C34H34Br2O/c1-3-5-9-25(4-2)24-37-32-22-16-29(17-23-32)33(26-10-7-6-8-11-26)34(27-12-18-30(35)19-13-27)28-14-20-31(36)21-15-28/h6-8,10-23,25H,3-5,9,24H2,1-2H3. The third-order valence-corrected chi connectivity index (χ3v) is 7.81. The highest BCUT2D eigenvalue weighted by atomic mass is 79.9. The monoisotopic (exact) mass is 616 g/mol. The highest BCUT2D eigenvalue weighted by Gasteiger charge is 2.17. The molecule has 1 nitrogen and oxygen atoms in total. The molecule has 0 N–H and O–H groups in total. The molecular formula is C34H34Br2O. The van der Waals surface area contributed by atoms with Crippen molar-refractivity contribution in [1.82, 2.24) is 0 Å². The van der Waals surface area contributed by atoms with Crippen molar-refractivity contribution in [1.29, 1.82) is 0 Å². The SMILES string of the molecule is CCCCC(CC)COc1ccc(C(=C(c2ccc(Br)cc2)c2ccc(Br)cc2)c2ccccc2)cc1. The maximum atomic E-state index is 6.23. The van der Waals surface area contributed by atoms with E-state index in [-0.39, 0.29) is 0 Å². The van der Waals surface area contributed by atoms with E-state index in [0.29, 0.717) is 5.92 Å². The van der Waals surface area contributed by atoms with E-state index >= 15 is 0 Å². The van der Waals surface area contributed by atoms with E-state index in [2.05, 4.69) is 149 Å². The Morgan fingerprint density at radius 2 is 1.08 bits per heavy atom. The van der Waals surface area contributed by atoms with Gasteiger partial charge in [0, 0.05) is 8.95 Å². The zero-order chi connectivity index (χ0) is 26.0. The van der Waals surface area contributed by atoms with E-state index in [4.69, 9.17) is 4.74 Å². The number of unbranched alkanes of at least 4 members (excludes halogenated alkanes) is 1. The van der Waals surface area contributed by atoms with Crippen LogP contribution in [0.15, 0.2) is 112 Å². The Labute approximate surface area is 238 Å². The molecule has 0 saturated heterocycles. The van der Waals surface area contributed by atoms with Gasteiger partial charge in [0.25, 0.3) is 0 Å². The predicted octanol–water partition coefficient (Wildman–Crippen LogP) is 10.8. The van der Waals surface area contributed by atoms with Crippen molar-refractivity contribution in [2.24, 2.45) is 5.92 Å². The molecule has 3 heteroatoms. The molecule has 37 heavy (non-hydrogen) atoms. The van der Waals surface area contributed by atoms with Gasteiger partial charge in [0.05, 0.1) is 6.61 Å². The predicted molar refractivity (Wildman–Crippen MR) is 165 cm³/mol. The lowest BCUT2D eigenvalue weighted by atomic mass is 9.86. The summed E-state index contributed by atoms with van der Waals surface area (Å²) in [5.74, 6) is 1.54. The van der Waals surface area contributed by atoms with Gasteiger partial charge in [-0.3, -0.25) is 0 Å². The molecule has 4 aromatic rings. The van der Waals surface area contributed by atoms with E-state index < -0.39 is 0 Å².